The van der Waals surface area contributed by atoms with Crippen LogP contribution in [0.2, 0.25) is 0 Å². The van der Waals surface area contributed by atoms with Gasteiger partial charge < -0.3 is 5.32 Å². The predicted octanol–water partition coefficient (Wildman–Crippen LogP) is 3.57. The van der Waals surface area contributed by atoms with Crippen LogP contribution in [0.15, 0.2) is 24.3 Å². The number of hydrogen-bond donors (Lipinski definition) is 1. The molecule has 3 heteroatoms. The maximum absolute atomic E-state index is 13.5. The molecule has 0 amide bonds. The highest BCUT2D eigenvalue weighted by atomic mass is 19.1. The lowest BCUT2D eigenvalue weighted by Gasteiger charge is -2.50. The zero-order valence-corrected chi connectivity index (χ0v) is 13.2. The summed E-state index contributed by atoms with van der Waals surface area (Å²) in [5, 5.41) is 3.79. The fourth-order valence-electron chi connectivity index (χ4n) is 3.78. The molecule has 1 N–H and O–H groups in total. The van der Waals surface area contributed by atoms with Gasteiger partial charge in [0.05, 0.1) is 0 Å². The molecular formula is C18H27FN2. The Morgan fingerprint density at radius 3 is 2.67 bits per heavy atom. The zero-order valence-electron chi connectivity index (χ0n) is 13.2. The fourth-order valence-corrected chi connectivity index (χ4v) is 3.78. The lowest BCUT2D eigenvalue weighted by atomic mass is 9.86. The van der Waals surface area contributed by atoms with Crippen molar-refractivity contribution in [2.75, 3.05) is 13.1 Å². The third kappa shape index (κ3) is 3.14. The fraction of sp³-hybridized carbons (Fsp3) is 0.667. The molecule has 2 nitrogen and oxygen atoms in total. The van der Waals surface area contributed by atoms with E-state index in [1.165, 1.54) is 18.9 Å². The van der Waals surface area contributed by atoms with Crippen LogP contribution in [-0.2, 0) is 6.54 Å². The van der Waals surface area contributed by atoms with Gasteiger partial charge in [0, 0.05) is 31.2 Å². The third-order valence-electron chi connectivity index (χ3n) is 5.55. The van der Waals surface area contributed by atoms with Crippen LogP contribution < -0.4 is 5.32 Å². The smallest absolute Gasteiger partial charge is 0.123 e. The summed E-state index contributed by atoms with van der Waals surface area (Å²) < 4.78 is 13.5. The first-order valence-electron chi connectivity index (χ1n) is 8.40. The van der Waals surface area contributed by atoms with Crippen molar-refractivity contribution in [1.82, 2.24) is 10.2 Å². The first-order chi connectivity index (χ1) is 10.2. The number of nitrogens with one attached hydrogen (secondary N) is 1. The quantitative estimate of drug-likeness (QED) is 0.892. The maximum Gasteiger partial charge on any atom is 0.123 e. The predicted molar refractivity (Wildman–Crippen MR) is 84.6 cm³/mol. The van der Waals surface area contributed by atoms with E-state index in [4.69, 9.17) is 0 Å². The Bertz CT molecular complexity index is 480. The second-order valence-electron chi connectivity index (χ2n) is 6.77. The Balaban J connectivity index is 1.78. The van der Waals surface area contributed by atoms with Crippen molar-refractivity contribution in [2.45, 2.75) is 57.7 Å². The Labute approximate surface area is 127 Å². The van der Waals surface area contributed by atoms with Gasteiger partial charge in [-0.05, 0) is 49.3 Å². The number of halogens is 1. The van der Waals surface area contributed by atoms with Gasteiger partial charge in [-0.25, -0.2) is 4.39 Å². The second kappa shape index (κ2) is 6.05. The molecule has 1 saturated heterocycles. The first-order valence-corrected chi connectivity index (χ1v) is 8.40. The summed E-state index contributed by atoms with van der Waals surface area (Å²) in [6.07, 6.45) is 5.03. The molecule has 3 rings (SSSR count). The van der Waals surface area contributed by atoms with Gasteiger partial charge in [-0.1, -0.05) is 26.0 Å². The lowest BCUT2D eigenvalue weighted by molar-refractivity contribution is 0.0202. The third-order valence-corrected chi connectivity index (χ3v) is 5.55. The van der Waals surface area contributed by atoms with E-state index in [0.717, 1.165) is 44.0 Å². The van der Waals surface area contributed by atoms with Crippen LogP contribution in [-0.4, -0.2) is 29.6 Å². The van der Waals surface area contributed by atoms with Crippen LogP contribution in [0.3, 0.4) is 0 Å². The summed E-state index contributed by atoms with van der Waals surface area (Å²) in [6.45, 7) is 7.59. The molecule has 116 valence electrons. The molecule has 1 atom stereocenters. The van der Waals surface area contributed by atoms with Gasteiger partial charge in [-0.3, -0.25) is 4.90 Å². The van der Waals surface area contributed by atoms with E-state index in [2.05, 4.69) is 24.1 Å². The van der Waals surface area contributed by atoms with Crippen molar-refractivity contribution >= 4 is 0 Å². The summed E-state index contributed by atoms with van der Waals surface area (Å²) in [5.41, 5.74) is 1.32. The van der Waals surface area contributed by atoms with Gasteiger partial charge >= 0.3 is 0 Å². The summed E-state index contributed by atoms with van der Waals surface area (Å²) in [5.74, 6) is 0.742. The van der Waals surface area contributed by atoms with Crippen LogP contribution in [0.5, 0.6) is 0 Å². The lowest BCUT2D eigenvalue weighted by Crippen LogP contribution is -2.64. The highest BCUT2D eigenvalue weighted by Crippen LogP contribution is 2.37. The molecule has 0 aromatic heterocycles. The number of benzene rings is 1. The molecule has 0 spiro atoms. The molecule has 0 radical (unpaired) electrons. The Morgan fingerprint density at radius 2 is 2.05 bits per heavy atom. The molecule has 2 fully saturated rings. The Kier molecular flexibility index (Phi) is 4.32. The molecule has 1 aromatic rings. The highest BCUT2D eigenvalue weighted by molar-refractivity contribution is 5.17. The Hall–Kier alpha value is -0.930. The van der Waals surface area contributed by atoms with Gasteiger partial charge in [0.1, 0.15) is 5.82 Å². The molecule has 1 unspecified atom stereocenters. The molecule has 1 aromatic carbocycles. The van der Waals surface area contributed by atoms with E-state index in [0.29, 0.717) is 6.04 Å². The van der Waals surface area contributed by atoms with E-state index in [1.807, 2.05) is 12.1 Å². The average molecular weight is 290 g/mol. The molecule has 21 heavy (non-hydrogen) atoms. The minimum Gasteiger partial charge on any atom is -0.311 e. The maximum atomic E-state index is 13.5. The molecule has 1 aliphatic heterocycles. The molecule has 1 saturated carbocycles. The van der Waals surface area contributed by atoms with Gasteiger partial charge in [-0.15, -0.1) is 0 Å². The van der Waals surface area contributed by atoms with Crippen LogP contribution >= 0.6 is 0 Å². The van der Waals surface area contributed by atoms with Crippen molar-refractivity contribution in [3.63, 3.8) is 0 Å². The van der Waals surface area contributed by atoms with E-state index in [9.17, 15) is 4.39 Å². The minimum atomic E-state index is -0.125. The summed E-state index contributed by atoms with van der Waals surface area (Å²) in [4.78, 5) is 2.61. The first kappa shape index (κ1) is 15.0. The summed E-state index contributed by atoms with van der Waals surface area (Å²) >= 11 is 0. The van der Waals surface area contributed by atoms with Crippen molar-refractivity contribution in [1.29, 1.82) is 0 Å². The van der Waals surface area contributed by atoms with Crippen molar-refractivity contribution in [3.05, 3.63) is 35.6 Å². The molecule has 2 aliphatic rings. The number of hydrogen-bond acceptors (Lipinski definition) is 2. The van der Waals surface area contributed by atoms with Gasteiger partial charge in [0.15, 0.2) is 0 Å². The van der Waals surface area contributed by atoms with Gasteiger partial charge in [0.25, 0.3) is 0 Å². The standard InChI is InChI=1S/C18H27FN2/c1-3-18(4-2)13-20-17(15-8-9-15)12-21(18)11-14-6-5-7-16(19)10-14/h5-7,10,15,17,20H,3-4,8-9,11-13H2,1-2H3. The van der Waals surface area contributed by atoms with E-state index >= 15 is 0 Å². The van der Waals surface area contributed by atoms with Crippen LogP contribution in [0.4, 0.5) is 4.39 Å². The van der Waals surface area contributed by atoms with Crippen molar-refractivity contribution < 1.29 is 4.39 Å². The SMILES string of the molecule is CCC1(CC)CNC(C2CC2)CN1Cc1cccc(F)c1. The average Bonchev–Trinajstić information content (AvgIpc) is 3.32. The summed E-state index contributed by atoms with van der Waals surface area (Å²) in [6, 6.07) is 7.72. The number of piperazine rings is 1. The second-order valence-corrected chi connectivity index (χ2v) is 6.77. The van der Waals surface area contributed by atoms with Crippen LogP contribution in [0.25, 0.3) is 0 Å². The minimum absolute atomic E-state index is 0.125. The monoisotopic (exact) mass is 290 g/mol. The van der Waals surface area contributed by atoms with E-state index in [1.54, 1.807) is 6.07 Å². The van der Waals surface area contributed by atoms with E-state index in [-0.39, 0.29) is 11.4 Å². The molecule has 1 heterocycles. The van der Waals surface area contributed by atoms with E-state index < -0.39 is 0 Å². The van der Waals surface area contributed by atoms with Gasteiger partial charge in [-0.2, -0.15) is 0 Å². The molecule has 1 aliphatic carbocycles. The summed E-state index contributed by atoms with van der Waals surface area (Å²) in [7, 11) is 0. The number of nitrogens with zero attached hydrogens (tertiary/aromatic N) is 1. The zero-order chi connectivity index (χ0) is 14.9. The molecular weight excluding hydrogens is 263 g/mol. The van der Waals surface area contributed by atoms with Crippen LogP contribution in [0.1, 0.15) is 45.1 Å². The number of rotatable bonds is 5. The topological polar surface area (TPSA) is 15.3 Å². The largest absolute Gasteiger partial charge is 0.311 e. The van der Waals surface area contributed by atoms with Crippen molar-refractivity contribution in [2.24, 2.45) is 5.92 Å². The van der Waals surface area contributed by atoms with Crippen molar-refractivity contribution in [3.8, 4) is 0 Å². The van der Waals surface area contributed by atoms with Gasteiger partial charge in [0.2, 0.25) is 0 Å². The normalized spacial score (nSPS) is 26.0. The highest BCUT2D eigenvalue weighted by Gasteiger charge is 2.43. The van der Waals surface area contributed by atoms with Crippen LogP contribution in [0, 0.1) is 11.7 Å². The Morgan fingerprint density at radius 1 is 1.29 bits per heavy atom. The molecule has 0 bridgehead atoms.